The van der Waals surface area contributed by atoms with E-state index < -0.39 is 10.0 Å². The summed E-state index contributed by atoms with van der Waals surface area (Å²) in [5.41, 5.74) is 6.49. The Labute approximate surface area is 216 Å². The number of hydrogen-bond acceptors (Lipinski definition) is 5. The van der Waals surface area contributed by atoms with E-state index in [-0.39, 0.29) is 12.1 Å². The molecular weight excluding hydrogens is 492 g/mol. The first-order valence-electron chi connectivity index (χ1n) is 11.4. The Hall–Kier alpha value is -3.76. The Balaban J connectivity index is 1.62. The van der Waals surface area contributed by atoms with Crippen molar-refractivity contribution in [1.82, 2.24) is 19.9 Å². The topological polar surface area (TPSA) is 92.2 Å². The number of aromatic nitrogens is 3. The molecule has 1 aliphatic rings. The van der Waals surface area contributed by atoms with Gasteiger partial charge in [0.05, 0.1) is 35.9 Å². The van der Waals surface area contributed by atoms with E-state index in [1.165, 1.54) is 0 Å². The van der Waals surface area contributed by atoms with Gasteiger partial charge in [0.25, 0.3) is 0 Å². The van der Waals surface area contributed by atoms with Crippen molar-refractivity contribution in [1.29, 1.82) is 0 Å². The molecule has 4 heterocycles. The molecule has 3 aromatic heterocycles. The van der Waals surface area contributed by atoms with Crippen LogP contribution in [-0.4, -0.2) is 34.3 Å². The Morgan fingerprint density at radius 2 is 1.78 bits per heavy atom. The average molecular weight is 519 g/mol. The summed E-state index contributed by atoms with van der Waals surface area (Å²) in [5, 5.41) is 4.05. The number of rotatable bonds is 6. The molecule has 0 amide bonds. The highest BCUT2D eigenvalue weighted by atomic mass is 32.2. The Morgan fingerprint density at radius 1 is 1.00 bits per heavy atom. The summed E-state index contributed by atoms with van der Waals surface area (Å²) in [7, 11) is -3.37. The lowest BCUT2D eigenvalue weighted by atomic mass is 9.96. The third-order valence-corrected chi connectivity index (χ3v) is 7.16. The van der Waals surface area contributed by atoms with Crippen molar-refractivity contribution in [2.75, 3.05) is 15.9 Å². The van der Waals surface area contributed by atoms with Gasteiger partial charge in [-0.3, -0.25) is 14.7 Å². The van der Waals surface area contributed by atoms with Gasteiger partial charge in [0, 0.05) is 35.2 Å². The number of nitrogens with zero attached hydrogens (tertiary/aromatic N) is 4. The fraction of sp³-hybridized carbons (Fsp3) is 0.192. The molecule has 2 atom stereocenters. The molecule has 0 saturated carbocycles. The first-order valence-corrected chi connectivity index (χ1v) is 13.7. The number of pyridine rings is 2. The maximum Gasteiger partial charge on any atom is 0.229 e. The summed E-state index contributed by atoms with van der Waals surface area (Å²) in [6.07, 6.45) is 6.53. The van der Waals surface area contributed by atoms with Crippen molar-refractivity contribution in [3.05, 3.63) is 102 Å². The van der Waals surface area contributed by atoms with Gasteiger partial charge in [-0.25, -0.2) is 8.42 Å². The zero-order valence-corrected chi connectivity index (χ0v) is 21.7. The molecule has 8 nitrogen and oxygen atoms in total. The van der Waals surface area contributed by atoms with E-state index in [4.69, 9.17) is 12.2 Å². The first-order chi connectivity index (χ1) is 17.2. The van der Waals surface area contributed by atoms with Crippen LogP contribution in [0.25, 0.3) is 5.69 Å². The summed E-state index contributed by atoms with van der Waals surface area (Å²) in [6.45, 7) is 4.18. The second-order valence-electron chi connectivity index (χ2n) is 8.79. The predicted molar refractivity (Wildman–Crippen MR) is 146 cm³/mol. The van der Waals surface area contributed by atoms with Crippen LogP contribution in [0.4, 0.5) is 11.4 Å². The second kappa shape index (κ2) is 9.36. The first kappa shape index (κ1) is 24.0. The van der Waals surface area contributed by atoms with Crippen molar-refractivity contribution >= 4 is 38.7 Å². The Kier molecular flexibility index (Phi) is 6.23. The maximum atomic E-state index is 11.7. The molecule has 0 bridgehead atoms. The highest BCUT2D eigenvalue weighted by Crippen LogP contribution is 2.43. The minimum absolute atomic E-state index is 0.183. The monoisotopic (exact) mass is 518 g/mol. The zero-order chi connectivity index (χ0) is 25.4. The fourth-order valence-electron chi connectivity index (χ4n) is 4.82. The van der Waals surface area contributed by atoms with Gasteiger partial charge in [0.2, 0.25) is 10.0 Å². The molecule has 0 spiro atoms. The normalized spacial score (nSPS) is 17.8. The fourth-order valence-corrected chi connectivity index (χ4v) is 5.73. The number of aryl methyl sites for hydroxylation is 1. The molecule has 10 heteroatoms. The quantitative estimate of drug-likeness (QED) is 0.365. The van der Waals surface area contributed by atoms with Gasteiger partial charge < -0.3 is 14.8 Å². The highest BCUT2D eigenvalue weighted by Gasteiger charge is 2.42. The lowest BCUT2D eigenvalue weighted by molar-refractivity contribution is 0.565. The summed E-state index contributed by atoms with van der Waals surface area (Å²) in [5.74, 6) is 0. The minimum Gasteiger partial charge on any atom is -0.351 e. The van der Waals surface area contributed by atoms with Crippen molar-refractivity contribution in [3.8, 4) is 5.69 Å². The average Bonchev–Trinajstić information content (AvgIpc) is 3.35. The summed E-state index contributed by atoms with van der Waals surface area (Å²) < 4.78 is 28.0. The molecule has 4 aromatic rings. The number of anilines is 2. The molecule has 184 valence electrons. The lowest BCUT2D eigenvalue weighted by Crippen LogP contribution is -2.29. The maximum absolute atomic E-state index is 11.7. The third-order valence-electron chi connectivity index (χ3n) is 6.24. The molecule has 1 saturated heterocycles. The van der Waals surface area contributed by atoms with Crippen LogP contribution in [0.3, 0.4) is 0 Å². The van der Waals surface area contributed by atoms with Crippen LogP contribution in [0, 0.1) is 13.8 Å². The molecule has 2 N–H and O–H groups in total. The second-order valence-corrected chi connectivity index (χ2v) is 10.9. The standard InChI is InChI=1S/C26H26N6O2S2/c1-17-15-22(18(2)31(17)21-7-6-13-27-16-21)25-24(23-8-4-5-14-28-23)29-26(35)32(25)20-11-9-19(10-12-20)30-36(3,33)34/h4-16,24-25,30H,1-3H3,(H,29,35)/t24-,25-/m0/s1. The van der Waals surface area contributed by atoms with Crippen molar-refractivity contribution < 1.29 is 8.42 Å². The van der Waals surface area contributed by atoms with Crippen molar-refractivity contribution in [2.24, 2.45) is 0 Å². The molecular formula is C26H26N6O2S2. The van der Waals surface area contributed by atoms with Crippen LogP contribution in [0.15, 0.2) is 79.3 Å². The molecule has 0 aliphatic carbocycles. The van der Waals surface area contributed by atoms with Gasteiger partial charge in [-0.2, -0.15) is 0 Å². The van der Waals surface area contributed by atoms with Gasteiger partial charge in [0.1, 0.15) is 0 Å². The zero-order valence-electron chi connectivity index (χ0n) is 20.1. The molecule has 1 aliphatic heterocycles. The van der Waals surface area contributed by atoms with Crippen LogP contribution in [0.1, 0.15) is 34.7 Å². The summed E-state index contributed by atoms with van der Waals surface area (Å²) in [6, 6.07) is 18.9. The van der Waals surface area contributed by atoms with E-state index in [2.05, 4.69) is 49.4 Å². The van der Waals surface area contributed by atoms with E-state index in [0.717, 1.165) is 40.3 Å². The van der Waals surface area contributed by atoms with Gasteiger partial charge in [-0.15, -0.1) is 0 Å². The third kappa shape index (κ3) is 4.57. The minimum atomic E-state index is -3.37. The van der Waals surface area contributed by atoms with Crippen LogP contribution < -0.4 is 14.9 Å². The summed E-state index contributed by atoms with van der Waals surface area (Å²) in [4.78, 5) is 11.0. The number of sulfonamides is 1. The molecule has 36 heavy (non-hydrogen) atoms. The van der Waals surface area contributed by atoms with Crippen LogP contribution in [-0.2, 0) is 10.0 Å². The van der Waals surface area contributed by atoms with Gasteiger partial charge in [-0.1, -0.05) is 6.07 Å². The van der Waals surface area contributed by atoms with E-state index in [1.807, 2.05) is 48.7 Å². The molecule has 1 aromatic carbocycles. The van der Waals surface area contributed by atoms with E-state index in [9.17, 15) is 8.42 Å². The van der Waals surface area contributed by atoms with Crippen LogP contribution >= 0.6 is 12.2 Å². The SMILES string of the molecule is Cc1cc([C@H]2[C@H](c3ccccn3)NC(=S)N2c2ccc(NS(C)(=O)=O)cc2)c(C)n1-c1cccnc1. The van der Waals surface area contributed by atoms with Crippen molar-refractivity contribution in [3.63, 3.8) is 0 Å². The van der Waals surface area contributed by atoms with Crippen molar-refractivity contribution in [2.45, 2.75) is 25.9 Å². The Morgan fingerprint density at radius 3 is 2.42 bits per heavy atom. The van der Waals surface area contributed by atoms with Gasteiger partial charge in [-0.05, 0) is 86.2 Å². The number of nitrogens with one attached hydrogen (secondary N) is 2. The molecule has 0 unspecified atom stereocenters. The van der Waals surface area contributed by atoms with Gasteiger partial charge in [0.15, 0.2) is 5.11 Å². The number of thiocarbonyl (C=S) groups is 1. The molecule has 0 radical (unpaired) electrons. The largest absolute Gasteiger partial charge is 0.351 e. The van der Waals surface area contributed by atoms with Crippen LogP contribution in [0.5, 0.6) is 0 Å². The smallest absolute Gasteiger partial charge is 0.229 e. The van der Waals surface area contributed by atoms with E-state index in [0.29, 0.717) is 10.8 Å². The van der Waals surface area contributed by atoms with E-state index in [1.54, 1.807) is 24.5 Å². The molecule has 5 rings (SSSR count). The predicted octanol–water partition coefficient (Wildman–Crippen LogP) is 4.43. The van der Waals surface area contributed by atoms with Gasteiger partial charge >= 0.3 is 0 Å². The van der Waals surface area contributed by atoms with Crippen LogP contribution in [0.2, 0.25) is 0 Å². The lowest BCUT2D eigenvalue weighted by Gasteiger charge is -2.28. The molecule has 1 fully saturated rings. The Bertz CT molecular complexity index is 1500. The summed E-state index contributed by atoms with van der Waals surface area (Å²) >= 11 is 5.83. The number of benzene rings is 1. The highest BCUT2D eigenvalue weighted by molar-refractivity contribution is 7.92. The van der Waals surface area contributed by atoms with E-state index >= 15 is 0 Å². The number of hydrogen-bond donors (Lipinski definition) is 2.